The van der Waals surface area contributed by atoms with Gasteiger partial charge in [0.15, 0.2) is 0 Å². The van der Waals surface area contributed by atoms with Gasteiger partial charge in [0.1, 0.15) is 12.4 Å². The van der Waals surface area contributed by atoms with Crippen molar-refractivity contribution < 1.29 is 14.2 Å². The first-order chi connectivity index (χ1) is 7.86. The first-order valence-electron chi connectivity index (χ1n) is 5.62. The average Bonchev–Trinajstić information content (AvgIpc) is 2.30. The molecule has 1 aromatic carbocycles. The fourth-order valence-corrected chi connectivity index (χ4v) is 1.25. The fourth-order valence-electron chi connectivity index (χ4n) is 1.25. The van der Waals surface area contributed by atoms with Crippen LogP contribution in [0.1, 0.15) is 19.4 Å². The van der Waals surface area contributed by atoms with E-state index >= 15 is 0 Å². The third-order valence-electron chi connectivity index (χ3n) is 1.94. The molecule has 0 amide bonds. The second-order valence-corrected chi connectivity index (χ2v) is 3.19. The summed E-state index contributed by atoms with van der Waals surface area (Å²) in [6.07, 6.45) is 0. The standard InChI is InChI=1S/C13H19O3/c1-3-14-8-9-15-11-12-6-5-7-13(10-12)16-4-2/h5-7,10-11H,3-4,8-9H2,1-2H3. The molecule has 0 spiro atoms. The number of rotatable bonds is 8. The van der Waals surface area contributed by atoms with E-state index in [0.717, 1.165) is 17.9 Å². The molecule has 0 saturated heterocycles. The molecule has 0 atom stereocenters. The van der Waals surface area contributed by atoms with E-state index in [-0.39, 0.29) is 0 Å². The van der Waals surface area contributed by atoms with Crippen LogP contribution in [0.25, 0.3) is 0 Å². The Balaban J connectivity index is 2.27. The molecule has 0 aliphatic carbocycles. The lowest BCUT2D eigenvalue weighted by molar-refractivity contribution is 0.0827. The van der Waals surface area contributed by atoms with Crippen LogP contribution < -0.4 is 4.74 Å². The topological polar surface area (TPSA) is 27.7 Å². The maximum Gasteiger partial charge on any atom is 0.119 e. The first kappa shape index (κ1) is 13.0. The minimum absolute atomic E-state index is 0.576. The van der Waals surface area contributed by atoms with Crippen molar-refractivity contribution in [3.05, 3.63) is 36.4 Å². The van der Waals surface area contributed by atoms with Gasteiger partial charge in [-0.25, -0.2) is 0 Å². The Bertz CT molecular complexity index is 286. The van der Waals surface area contributed by atoms with Crippen molar-refractivity contribution in [2.75, 3.05) is 26.4 Å². The molecule has 0 saturated carbocycles. The van der Waals surface area contributed by atoms with E-state index in [1.165, 1.54) is 0 Å². The lowest BCUT2D eigenvalue weighted by Crippen LogP contribution is -2.02. The molecule has 16 heavy (non-hydrogen) atoms. The minimum atomic E-state index is 0.576. The van der Waals surface area contributed by atoms with E-state index in [1.807, 2.05) is 38.1 Å². The monoisotopic (exact) mass is 223 g/mol. The molecule has 1 aromatic rings. The normalized spacial score (nSPS) is 10.4. The second kappa shape index (κ2) is 8.13. The minimum Gasteiger partial charge on any atom is -0.494 e. The van der Waals surface area contributed by atoms with Gasteiger partial charge in [0, 0.05) is 6.61 Å². The van der Waals surface area contributed by atoms with Gasteiger partial charge in [0.05, 0.1) is 19.8 Å². The summed E-state index contributed by atoms with van der Waals surface area (Å²) < 4.78 is 15.9. The van der Waals surface area contributed by atoms with Crippen LogP contribution in [0.5, 0.6) is 5.75 Å². The molecular weight excluding hydrogens is 204 g/mol. The molecule has 1 radical (unpaired) electrons. The Kier molecular flexibility index (Phi) is 6.61. The summed E-state index contributed by atoms with van der Waals surface area (Å²) in [5.41, 5.74) is 1.00. The predicted molar refractivity (Wildman–Crippen MR) is 63.5 cm³/mol. The molecule has 0 N–H and O–H groups in total. The molecule has 0 unspecified atom stereocenters. The number of benzene rings is 1. The van der Waals surface area contributed by atoms with Crippen molar-refractivity contribution in [2.45, 2.75) is 13.8 Å². The lowest BCUT2D eigenvalue weighted by atomic mass is 10.2. The highest BCUT2D eigenvalue weighted by Gasteiger charge is 1.97. The largest absolute Gasteiger partial charge is 0.494 e. The van der Waals surface area contributed by atoms with Gasteiger partial charge in [-0.05, 0) is 31.5 Å². The van der Waals surface area contributed by atoms with Crippen LogP contribution in [0, 0.1) is 6.61 Å². The highest BCUT2D eigenvalue weighted by atomic mass is 16.5. The number of hydrogen-bond acceptors (Lipinski definition) is 3. The molecule has 0 aromatic heterocycles. The maximum atomic E-state index is 5.39. The highest BCUT2D eigenvalue weighted by molar-refractivity contribution is 5.31. The van der Waals surface area contributed by atoms with Gasteiger partial charge in [0.25, 0.3) is 0 Å². The van der Waals surface area contributed by atoms with Crippen LogP contribution in [0.2, 0.25) is 0 Å². The molecule has 3 nitrogen and oxygen atoms in total. The lowest BCUT2D eigenvalue weighted by Gasteiger charge is -2.06. The zero-order valence-electron chi connectivity index (χ0n) is 9.94. The van der Waals surface area contributed by atoms with E-state index in [9.17, 15) is 0 Å². The van der Waals surface area contributed by atoms with Gasteiger partial charge < -0.3 is 14.2 Å². The third kappa shape index (κ3) is 5.14. The molecule has 0 bridgehead atoms. The molecule has 3 heteroatoms. The maximum absolute atomic E-state index is 5.39. The van der Waals surface area contributed by atoms with Crippen LogP contribution in [-0.4, -0.2) is 26.4 Å². The van der Waals surface area contributed by atoms with E-state index in [1.54, 1.807) is 6.61 Å². The van der Waals surface area contributed by atoms with Crippen LogP contribution in [0.3, 0.4) is 0 Å². The van der Waals surface area contributed by atoms with Crippen molar-refractivity contribution >= 4 is 0 Å². The van der Waals surface area contributed by atoms with Crippen molar-refractivity contribution in [1.29, 1.82) is 0 Å². The van der Waals surface area contributed by atoms with Gasteiger partial charge in [-0.2, -0.15) is 0 Å². The van der Waals surface area contributed by atoms with Crippen molar-refractivity contribution in [1.82, 2.24) is 0 Å². The molecule has 0 fully saturated rings. The summed E-state index contributed by atoms with van der Waals surface area (Å²) in [5.74, 6) is 0.865. The molecule has 0 aliphatic heterocycles. The van der Waals surface area contributed by atoms with Crippen LogP contribution in [0.15, 0.2) is 24.3 Å². The van der Waals surface area contributed by atoms with E-state index in [2.05, 4.69) is 0 Å². The SMILES string of the molecule is CCOCCO[CH]c1cccc(OCC)c1. The van der Waals surface area contributed by atoms with Gasteiger partial charge in [-0.15, -0.1) is 0 Å². The van der Waals surface area contributed by atoms with Crippen LogP contribution in [0.4, 0.5) is 0 Å². The van der Waals surface area contributed by atoms with Gasteiger partial charge in [0.2, 0.25) is 0 Å². The Morgan fingerprint density at radius 2 is 2.00 bits per heavy atom. The molecule has 89 valence electrons. The molecule has 1 rings (SSSR count). The average molecular weight is 223 g/mol. The van der Waals surface area contributed by atoms with Gasteiger partial charge in [-0.3, -0.25) is 0 Å². The van der Waals surface area contributed by atoms with Crippen molar-refractivity contribution in [3.63, 3.8) is 0 Å². The Hall–Kier alpha value is -1.06. The Labute approximate surface area is 97.3 Å². The molecular formula is C13H19O3. The summed E-state index contributed by atoms with van der Waals surface area (Å²) in [7, 11) is 0. The van der Waals surface area contributed by atoms with E-state index < -0.39 is 0 Å². The van der Waals surface area contributed by atoms with Gasteiger partial charge in [-0.1, -0.05) is 12.1 Å². The summed E-state index contributed by atoms with van der Waals surface area (Å²) in [5, 5.41) is 0. The van der Waals surface area contributed by atoms with Crippen molar-refractivity contribution in [3.8, 4) is 5.75 Å². The van der Waals surface area contributed by atoms with E-state index in [4.69, 9.17) is 14.2 Å². The molecule has 0 aliphatic rings. The fraction of sp³-hybridized carbons (Fsp3) is 0.462. The number of ether oxygens (including phenoxy) is 3. The van der Waals surface area contributed by atoms with Crippen molar-refractivity contribution in [2.24, 2.45) is 0 Å². The molecule has 0 heterocycles. The second-order valence-electron chi connectivity index (χ2n) is 3.19. The van der Waals surface area contributed by atoms with Gasteiger partial charge >= 0.3 is 0 Å². The summed E-state index contributed by atoms with van der Waals surface area (Å²) >= 11 is 0. The summed E-state index contributed by atoms with van der Waals surface area (Å²) in [6.45, 7) is 8.26. The smallest absolute Gasteiger partial charge is 0.119 e. The highest BCUT2D eigenvalue weighted by Crippen LogP contribution is 2.14. The summed E-state index contributed by atoms with van der Waals surface area (Å²) in [6, 6.07) is 7.80. The summed E-state index contributed by atoms with van der Waals surface area (Å²) in [4.78, 5) is 0. The zero-order valence-corrected chi connectivity index (χ0v) is 9.94. The third-order valence-corrected chi connectivity index (χ3v) is 1.94. The van der Waals surface area contributed by atoms with E-state index in [0.29, 0.717) is 19.8 Å². The Morgan fingerprint density at radius 3 is 2.75 bits per heavy atom. The zero-order chi connectivity index (χ0) is 11.6. The Morgan fingerprint density at radius 1 is 1.12 bits per heavy atom. The number of hydrogen-bond donors (Lipinski definition) is 0. The predicted octanol–water partition coefficient (Wildman–Crippen LogP) is 2.65. The quantitative estimate of drug-likeness (QED) is 0.634. The van der Waals surface area contributed by atoms with Crippen LogP contribution in [-0.2, 0) is 9.47 Å². The first-order valence-corrected chi connectivity index (χ1v) is 5.62. The van der Waals surface area contributed by atoms with Crippen LogP contribution >= 0.6 is 0 Å².